The first kappa shape index (κ1) is 15.3. The second-order valence-electron chi connectivity index (χ2n) is 6.63. The summed E-state index contributed by atoms with van der Waals surface area (Å²) in [6, 6.07) is 9.89. The molecule has 2 aliphatic heterocycles. The third-order valence-electron chi connectivity index (χ3n) is 5.00. The highest BCUT2D eigenvalue weighted by atomic mass is 19.3. The highest BCUT2D eigenvalue weighted by molar-refractivity contribution is 5.93. The zero-order valence-corrected chi connectivity index (χ0v) is 13.3. The molecule has 2 aromatic rings. The lowest BCUT2D eigenvalue weighted by Gasteiger charge is -2.43. The van der Waals surface area contributed by atoms with Crippen molar-refractivity contribution in [1.82, 2.24) is 9.88 Å². The summed E-state index contributed by atoms with van der Waals surface area (Å²) in [5.74, 6) is -2.69. The van der Waals surface area contributed by atoms with Gasteiger partial charge in [0.05, 0.1) is 11.4 Å². The number of pyridine rings is 1. The molecule has 0 spiro atoms. The van der Waals surface area contributed by atoms with Gasteiger partial charge in [0, 0.05) is 56.3 Å². The smallest absolute Gasteiger partial charge is 0.251 e. The van der Waals surface area contributed by atoms with Gasteiger partial charge in [0.25, 0.3) is 5.92 Å². The van der Waals surface area contributed by atoms with Crippen molar-refractivity contribution in [3.8, 4) is 0 Å². The van der Waals surface area contributed by atoms with Gasteiger partial charge in [0.2, 0.25) is 5.91 Å². The fraction of sp³-hybridized carbons (Fsp3) is 0.444. The summed E-state index contributed by atoms with van der Waals surface area (Å²) >= 11 is 0. The zero-order chi connectivity index (χ0) is 16.7. The Kier molecular flexibility index (Phi) is 3.62. The van der Waals surface area contributed by atoms with Gasteiger partial charge in [-0.2, -0.15) is 0 Å². The molecule has 4 nitrogen and oxygen atoms in total. The number of carbonyl (C=O) groups is 1. The predicted molar refractivity (Wildman–Crippen MR) is 88.2 cm³/mol. The number of rotatable bonds is 2. The number of piperidine rings is 1. The summed E-state index contributed by atoms with van der Waals surface area (Å²) in [5, 5.41) is 1.07. The Labute approximate surface area is 139 Å². The highest BCUT2D eigenvalue weighted by Gasteiger charge is 2.40. The van der Waals surface area contributed by atoms with Crippen molar-refractivity contribution in [3.63, 3.8) is 0 Å². The van der Waals surface area contributed by atoms with Crippen LogP contribution in [0.5, 0.6) is 0 Å². The molecule has 1 aromatic heterocycles. The SMILES string of the molecule is O=C(C1CN(c2ccnc3ccccc23)C1)N1CCC(F)(F)CC1. The molecule has 2 aliphatic rings. The minimum atomic E-state index is -2.61. The van der Waals surface area contributed by atoms with E-state index in [-0.39, 0.29) is 37.8 Å². The van der Waals surface area contributed by atoms with Crippen molar-refractivity contribution < 1.29 is 13.6 Å². The van der Waals surface area contributed by atoms with Crippen LogP contribution in [0.15, 0.2) is 36.5 Å². The van der Waals surface area contributed by atoms with Gasteiger partial charge in [-0.15, -0.1) is 0 Å². The molecule has 0 unspecified atom stereocenters. The summed E-state index contributed by atoms with van der Waals surface area (Å²) in [7, 11) is 0. The van der Waals surface area contributed by atoms with Crippen LogP contribution in [0.25, 0.3) is 10.9 Å². The van der Waals surface area contributed by atoms with E-state index in [1.54, 1.807) is 11.1 Å². The van der Waals surface area contributed by atoms with Crippen LogP contribution in [0.3, 0.4) is 0 Å². The second-order valence-corrected chi connectivity index (χ2v) is 6.63. The number of fused-ring (bicyclic) bond motifs is 1. The Balaban J connectivity index is 1.42. The van der Waals surface area contributed by atoms with E-state index < -0.39 is 5.92 Å². The molecule has 0 aliphatic carbocycles. The van der Waals surface area contributed by atoms with E-state index in [9.17, 15) is 13.6 Å². The molecule has 126 valence electrons. The molecule has 0 atom stereocenters. The molecule has 0 bridgehead atoms. The molecule has 24 heavy (non-hydrogen) atoms. The van der Waals surface area contributed by atoms with E-state index in [1.807, 2.05) is 30.3 Å². The van der Waals surface area contributed by atoms with E-state index in [4.69, 9.17) is 0 Å². The number of amides is 1. The Morgan fingerprint density at radius 3 is 2.58 bits per heavy atom. The minimum Gasteiger partial charge on any atom is -0.369 e. The van der Waals surface area contributed by atoms with Crippen molar-refractivity contribution in [2.75, 3.05) is 31.1 Å². The number of aromatic nitrogens is 1. The first-order valence-electron chi connectivity index (χ1n) is 8.29. The van der Waals surface area contributed by atoms with Crippen molar-refractivity contribution >= 4 is 22.5 Å². The number of para-hydroxylation sites is 1. The first-order chi connectivity index (χ1) is 11.5. The van der Waals surface area contributed by atoms with Crippen LogP contribution in [0.2, 0.25) is 0 Å². The molecule has 0 saturated carbocycles. The molecule has 1 aromatic carbocycles. The predicted octanol–water partition coefficient (Wildman–Crippen LogP) is 2.93. The maximum Gasteiger partial charge on any atom is 0.251 e. The highest BCUT2D eigenvalue weighted by Crippen LogP contribution is 2.33. The largest absolute Gasteiger partial charge is 0.369 e. The van der Waals surface area contributed by atoms with Gasteiger partial charge < -0.3 is 9.80 Å². The maximum atomic E-state index is 13.2. The average molecular weight is 331 g/mol. The Morgan fingerprint density at radius 2 is 1.83 bits per heavy atom. The molecule has 0 radical (unpaired) electrons. The summed E-state index contributed by atoms with van der Waals surface area (Å²) in [6.07, 6.45) is 1.34. The standard InChI is InChI=1S/C18H19F2N3O/c19-18(20)6-9-22(10-7-18)17(24)13-11-23(12-13)16-5-8-21-15-4-2-1-3-14(15)16/h1-5,8,13H,6-7,9-12H2. The maximum absolute atomic E-state index is 13.2. The fourth-order valence-electron chi connectivity index (χ4n) is 3.50. The molecule has 0 N–H and O–H groups in total. The van der Waals surface area contributed by atoms with Crippen LogP contribution in [0.4, 0.5) is 14.5 Å². The van der Waals surface area contributed by atoms with E-state index >= 15 is 0 Å². The number of carbonyl (C=O) groups excluding carboxylic acids is 1. The topological polar surface area (TPSA) is 36.4 Å². The third kappa shape index (κ3) is 2.70. The third-order valence-corrected chi connectivity index (χ3v) is 5.00. The van der Waals surface area contributed by atoms with Crippen LogP contribution in [0, 0.1) is 5.92 Å². The second kappa shape index (κ2) is 5.69. The van der Waals surface area contributed by atoms with Crippen molar-refractivity contribution in [2.24, 2.45) is 5.92 Å². The molecule has 2 saturated heterocycles. The van der Waals surface area contributed by atoms with E-state index in [0.29, 0.717) is 13.1 Å². The number of hydrogen-bond acceptors (Lipinski definition) is 3. The lowest BCUT2D eigenvalue weighted by atomic mass is 9.95. The van der Waals surface area contributed by atoms with Gasteiger partial charge in [-0.05, 0) is 12.1 Å². The number of alkyl halides is 2. The molecule has 3 heterocycles. The first-order valence-corrected chi connectivity index (χ1v) is 8.29. The minimum absolute atomic E-state index is 0.0140. The Morgan fingerprint density at radius 1 is 1.12 bits per heavy atom. The zero-order valence-electron chi connectivity index (χ0n) is 13.3. The van der Waals surface area contributed by atoms with Crippen LogP contribution in [-0.4, -0.2) is 47.9 Å². The van der Waals surface area contributed by atoms with Crippen LogP contribution < -0.4 is 4.90 Å². The number of benzene rings is 1. The van der Waals surface area contributed by atoms with E-state index in [1.165, 1.54) is 0 Å². The Hall–Kier alpha value is -2.24. The van der Waals surface area contributed by atoms with Gasteiger partial charge in [-0.3, -0.25) is 9.78 Å². The molecule has 6 heteroatoms. The fourth-order valence-corrected chi connectivity index (χ4v) is 3.50. The summed E-state index contributed by atoms with van der Waals surface area (Å²) in [6.45, 7) is 1.61. The average Bonchev–Trinajstić information content (AvgIpc) is 2.53. The lowest BCUT2D eigenvalue weighted by Crippen LogP contribution is -2.56. The van der Waals surface area contributed by atoms with E-state index in [2.05, 4.69) is 9.88 Å². The van der Waals surface area contributed by atoms with Gasteiger partial charge >= 0.3 is 0 Å². The number of nitrogens with zero attached hydrogens (tertiary/aromatic N) is 3. The van der Waals surface area contributed by atoms with Crippen LogP contribution in [-0.2, 0) is 4.79 Å². The summed E-state index contributed by atoms with van der Waals surface area (Å²) in [4.78, 5) is 20.6. The van der Waals surface area contributed by atoms with Gasteiger partial charge in [-0.25, -0.2) is 8.78 Å². The van der Waals surface area contributed by atoms with Gasteiger partial charge in [0.1, 0.15) is 0 Å². The quantitative estimate of drug-likeness (QED) is 0.849. The molecule has 4 rings (SSSR count). The molecular formula is C18H19F2N3O. The number of likely N-dealkylation sites (tertiary alicyclic amines) is 1. The molecular weight excluding hydrogens is 312 g/mol. The van der Waals surface area contributed by atoms with Crippen LogP contribution in [0.1, 0.15) is 12.8 Å². The summed E-state index contributed by atoms with van der Waals surface area (Å²) < 4.78 is 26.4. The normalized spacial score (nSPS) is 20.9. The molecule has 2 fully saturated rings. The van der Waals surface area contributed by atoms with Gasteiger partial charge in [-0.1, -0.05) is 18.2 Å². The van der Waals surface area contributed by atoms with Crippen molar-refractivity contribution in [3.05, 3.63) is 36.5 Å². The van der Waals surface area contributed by atoms with Crippen molar-refractivity contribution in [1.29, 1.82) is 0 Å². The van der Waals surface area contributed by atoms with E-state index in [0.717, 1.165) is 16.6 Å². The number of hydrogen-bond donors (Lipinski definition) is 0. The lowest BCUT2D eigenvalue weighted by molar-refractivity contribution is -0.142. The monoisotopic (exact) mass is 331 g/mol. The van der Waals surface area contributed by atoms with Crippen LogP contribution >= 0.6 is 0 Å². The Bertz CT molecular complexity index is 758. The summed E-state index contributed by atoms with van der Waals surface area (Å²) in [5.41, 5.74) is 2.01. The number of anilines is 1. The van der Waals surface area contributed by atoms with Crippen molar-refractivity contribution in [2.45, 2.75) is 18.8 Å². The van der Waals surface area contributed by atoms with Gasteiger partial charge in [0.15, 0.2) is 0 Å². The molecule has 1 amide bonds. The number of halogens is 2.